The molecule has 0 radical (unpaired) electrons. The number of carbonyl (C=O) groups excluding carboxylic acids is 1. The third-order valence-electron chi connectivity index (χ3n) is 3.31. The van der Waals surface area contributed by atoms with E-state index in [-0.39, 0.29) is 23.8 Å². The van der Waals surface area contributed by atoms with Crippen molar-refractivity contribution in [2.24, 2.45) is 0 Å². The Kier molecular flexibility index (Phi) is 6.56. The van der Waals surface area contributed by atoms with E-state index in [4.69, 9.17) is 16.9 Å². The van der Waals surface area contributed by atoms with Gasteiger partial charge < -0.3 is 4.90 Å². The van der Waals surface area contributed by atoms with Crippen LogP contribution in [0.2, 0.25) is 4.34 Å². The molecule has 1 heterocycles. The van der Waals surface area contributed by atoms with Crippen LogP contribution in [0.5, 0.6) is 0 Å². The molecule has 0 aliphatic rings. The summed E-state index contributed by atoms with van der Waals surface area (Å²) in [7, 11) is -2.01. The van der Waals surface area contributed by atoms with E-state index in [1.54, 1.807) is 13.1 Å². The van der Waals surface area contributed by atoms with E-state index >= 15 is 0 Å². The molecule has 9 heteroatoms. The highest BCUT2D eigenvalue weighted by atomic mass is 35.5. The van der Waals surface area contributed by atoms with Crippen molar-refractivity contribution in [2.75, 3.05) is 13.6 Å². The molecule has 0 unspecified atom stereocenters. The fraction of sp³-hybridized carbons (Fsp3) is 0.250. The molecule has 1 aromatic heterocycles. The first kappa shape index (κ1) is 19.4. The van der Waals surface area contributed by atoms with Crippen LogP contribution in [-0.4, -0.2) is 32.8 Å². The Balaban J connectivity index is 2.05. The van der Waals surface area contributed by atoms with Crippen molar-refractivity contribution in [1.29, 1.82) is 5.26 Å². The molecule has 0 saturated carbocycles. The van der Waals surface area contributed by atoms with E-state index < -0.39 is 10.0 Å². The first-order chi connectivity index (χ1) is 11.8. The lowest BCUT2D eigenvalue weighted by Crippen LogP contribution is -2.26. The van der Waals surface area contributed by atoms with Crippen molar-refractivity contribution in [3.8, 4) is 6.07 Å². The monoisotopic (exact) mass is 397 g/mol. The van der Waals surface area contributed by atoms with Gasteiger partial charge in [-0.2, -0.15) is 5.26 Å². The van der Waals surface area contributed by atoms with Crippen molar-refractivity contribution in [3.63, 3.8) is 0 Å². The standard InChI is InChI=1S/C16H16ClN3O3S2/c1-20(11-13-5-8-15(17)24-13)16(21)12-3-6-14(7-4-12)25(22,23)19-10-2-9-18/h3-8,19H,2,10-11H2,1H3. The lowest BCUT2D eigenvalue weighted by atomic mass is 10.2. The van der Waals surface area contributed by atoms with Gasteiger partial charge in [0.05, 0.1) is 21.8 Å². The summed E-state index contributed by atoms with van der Waals surface area (Å²) in [6, 6.07) is 11.2. The summed E-state index contributed by atoms with van der Waals surface area (Å²) >= 11 is 7.29. The number of carbonyl (C=O) groups is 1. The van der Waals surface area contributed by atoms with Crippen LogP contribution < -0.4 is 4.72 Å². The largest absolute Gasteiger partial charge is 0.337 e. The quantitative estimate of drug-likeness (QED) is 0.727. The van der Waals surface area contributed by atoms with Gasteiger partial charge in [0.2, 0.25) is 10.0 Å². The summed E-state index contributed by atoms with van der Waals surface area (Å²) in [4.78, 5) is 15.0. The molecule has 25 heavy (non-hydrogen) atoms. The molecule has 0 saturated heterocycles. The van der Waals surface area contributed by atoms with Crippen molar-refractivity contribution < 1.29 is 13.2 Å². The minimum absolute atomic E-state index is 0.0472. The maximum Gasteiger partial charge on any atom is 0.253 e. The van der Waals surface area contributed by atoms with E-state index in [1.165, 1.54) is 40.5 Å². The first-order valence-electron chi connectivity index (χ1n) is 7.30. The highest BCUT2D eigenvalue weighted by molar-refractivity contribution is 7.89. The second-order valence-corrected chi connectivity index (χ2v) is 8.76. The highest BCUT2D eigenvalue weighted by Gasteiger charge is 2.16. The summed E-state index contributed by atoms with van der Waals surface area (Å²) in [5, 5.41) is 8.46. The molecule has 1 aromatic carbocycles. The second-order valence-electron chi connectivity index (χ2n) is 5.20. The Labute approximate surface area is 155 Å². The van der Waals surface area contributed by atoms with Gasteiger partial charge in [-0.15, -0.1) is 11.3 Å². The Hall–Kier alpha value is -1.92. The molecule has 0 spiro atoms. The van der Waals surface area contributed by atoms with Gasteiger partial charge in [0.25, 0.3) is 5.91 Å². The van der Waals surface area contributed by atoms with Crippen LogP contribution in [0.25, 0.3) is 0 Å². The number of rotatable bonds is 7. The number of sulfonamides is 1. The second kappa shape index (κ2) is 8.45. The number of nitrogens with zero attached hydrogens (tertiary/aromatic N) is 2. The van der Waals surface area contributed by atoms with E-state index in [9.17, 15) is 13.2 Å². The van der Waals surface area contributed by atoms with Gasteiger partial charge >= 0.3 is 0 Å². The molecule has 0 aliphatic carbocycles. The van der Waals surface area contributed by atoms with Gasteiger partial charge in [-0.05, 0) is 36.4 Å². The normalized spacial score (nSPS) is 11.1. The summed E-state index contributed by atoms with van der Waals surface area (Å²) in [6.07, 6.45) is 0.0906. The van der Waals surface area contributed by atoms with Crippen LogP contribution in [0.15, 0.2) is 41.3 Å². The first-order valence-corrected chi connectivity index (χ1v) is 9.97. The Morgan fingerprint density at radius 2 is 1.96 bits per heavy atom. The number of hydrogen-bond acceptors (Lipinski definition) is 5. The van der Waals surface area contributed by atoms with Crippen molar-refractivity contribution in [1.82, 2.24) is 9.62 Å². The molecule has 1 amide bonds. The number of nitrogens with one attached hydrogen (secondary N) is 1. The zero-order valence-electron chi connectivity index (χ0n) is 13.4. The number of nitriles is 1. The minimum Gasteiger partial charge on any atom is -0.337 e. The van der Waals surface area contributed by atoms with Crippen LogP contribution in [0.4, 0.5) is 0 Å². The third kappa shape index (κ3) is 5.28. The number of thiophene rings is 1. The summed E-state index contributed by atoms with van der Waals surface area (Å²) in [5.41, 5.74) is 0.390. The average molecular weight is 398 g/mol. The zero-order chi connectivity index (χ0) is 18.4. The van der Waals surface area contributed by atoms with Crippen LogP contribution in [0.1, 0.15) is 21.7 Å². The van der Waals surface area contributed by atoms with Gasteiger partial charge in [0.15, 0.2) is 0 Å². The van der Waals surface area contributed by atoms with E-state index in [1.807, 2.05) is 12.1 Å². The van der Waals surface area contributed by atoms with Gasteiger partial charge in [0.1, 0.15) is 0 Å². The molecule has 132 valence electrons. The molecular weight excluding hydrogens is 382 g/mol. The Morgan fingerprint density at radius 1 is 1.28 bits per heavy atom. The van der Waals surface area contributed by atoms with Gasteiger partial charge in [-0.25, -0.2) is 13.1 Å². The fourth-order valence-electron chi connectivity index (χ4n) is 2.06. The number of amides is 1. The Morgan fingerprint density at radius 3 is 2.52 bits per heavy atom. The minimum atomic E-state index is -3.68. The molecular formula is C16H16ClN3O3S2. The van der Waals surface area contributed by atoms with Crippen LogP contribution in [0.3, 0.4) is 0 Å². The van der Waals surface area contributed by atoms with Crippen LogP contribution in [0, 0.1) is 11.3 Å². The molecule has 1 N–H and O–H groups in total. The maximum absolute atomic E-state index is 12.4. The fourth-order valence-corrected chi connectivity index (χ4v) is 4.24. The molecule has 0 fully saturated rings. The van der Waals surface area contributed by atoms with Crippen LogP contribution >= 0.6 is 22.9 Å². The molecule has 0 bridgehead atoms. The number of benzene rings is 1. The Bertz CT molecular complexity index is 886. The lowest BCUT2D eigenvalue weighted by Gasteiger charge is -2.16. The summed E-state index contributed by atoms with van der Waals surface area (Å²) in [5.74, 6) is -0.217. The van der Waals surface area contributed by atoms with Gasteiger partial charge in [-0.1, -0.05) is 11.6 Å². The lowest BCUT2D eigenvalue weighted by molar-refractivity contribution is 0.0786. The maximum atomic E-state index is 12.4. The van der Waals surface area contributed by atoms with Crippen LogP contribution in [-0.2, 0) is 16.6 Å². The number of halogens is 1. The van der Waals surface area contributed by atoms with Gasteiger partial charge in [-0.3, -0.25) is 4.79 Å². The van der Waals surface area contributed by atoms with Crippen molar-refractivity contribution in [3.05, 3.63) is 51.2 Å². The summed E-state index contributed by atoms with van der Waals surface area (Å²) in [6.45, 7) is 0.470. The molecule has 0 atom stereocenters. The van der Waals surface area contributed by atoms with E-state index in [2.05, 4.69) is 4.72 Å². The van der Waals surface area contributed by atoms with Gasteiger partial charge in [0, 0.05) is 30.5 Å². The smallest absolute Gasteiger partial charge is 0.253 e. The molecule has 2 aromatic rings. The predicted octanol–water partition coefficient (Wildman–Crippen LogP) is 2.87. The predicted molar refractivity (Wildman–Crippen MR) is 97.0 cm³/mol. The molecule has 2 rings (SSSR count). The zero-order valence-corrected chi connectivity index (χ0v) is 15.8. The molecule has 6 nitrogen and oxygen atoms in total. The third-order valence-corrected chi connectivity index (χ3v) is 6.00. The number of hydrogen-bond donors (Lipinski definition) is 1. The highest BCUT2D eigenvalue weighted by Crippen LogP contribution is 2.23. The summed E-state index contributed by atoms with van der Waals surface area (Å²) < 4.78 is 27.1. The molecule has 0 aliphatic heterocycles. The van der Waals surface area contributed by atoms with E-state index in [0.29, 0.717) is 16.4 Å². The average Bonchev–Trinajstić information content (AvgIpc) is 2.99. The van der Waals surface area contributed by atoms with Crippen molar-refractivity contribution >= 4 is 38.9 Å². The van der Waals surface area contributed by atoms with E-state index in [0.717, 1.165) is 4.88 Å². The topological polar surface area (TPSA) is 90.3 Å². The van der Waals surface area contributed by atoms with Crippen molar-refractivity contribution in [2.45, 2.75) is 17.9 Å². The SMILES string of the molecule is CN(Cc1ccc(Cl)s1)C(=O)c1ccc(S(=O)(=O)NCCC#N)cc1.